The summed E-state index contributed by atoms with van der Waals surface area (Å²) in [4.78, 5) is 15.1. The quantitative estimate of drug-likeness (QED) is 0.864. The lowest BCUT2D eigenvalue weighted by Gasteiger charge is -2.31. The van der Waals surface area contributed by atoms with Crippen molar-refractivity contribution < 1.29 is 14.6 Å². The van der Waals surface area contributed by atoms with Gasteiger partial charge in [0.2, 0.25) is 0 Å². The SMILES string of the molecule is COC1CCCN(C(=O)c2csc(C#CCCO)c2)C1. The summed E-state index contributed by atoms with van der Waals surface area (Å²) < 4.78 is 5.34. The minimum atomic E-state index is 0.0539. The molecule has 1 amide bonds. The zero-order valence-corrected chi connectivity index (χ0v) is 12.4. The smallest absolute Gasteiger partial charge is 0.254 e. The number of hydrogen-bond donors (Lipinski definition) is 1. The van der Waals surface area contributed by atoms with Gasteiger partial charge in [0.1, 0.15) is 0 Å². The van der Waals surface area contributed by atoms with Crippen LogP contribution in [0.25, 0.3) is 0 Å². The molecule has 1 N–H and O–H groups in total. The maximum absolute atomic E-state index is 12.4. The molecule has 1 atom stereocenters. The van der Waals surface area contributed by atoms with Crippen LogP contribution in [-0.4, -0.2) is 48.8 Å². The van der Waals surface area contributed by atoms with Gasteiger partial charge in [-0.3, -0.25) is 4.79 Å². The monoisotopic (exact) mass is 293 g/mol. The normalized spacial score (nSPS) is 18.5. The highest BCUT2D eigenvalue weighted by Crippen LogP contribution is 2.19. The molecule has 1 unspecified atom stereocenters. The summed E-state index contributed by atoms with van der Waals surface area (Å²) in [6, 6.07) is 1.83. The summed E-state index contributed by atoms with van der Waals surface area (Å²) in [5.74, 6) is 5.88. The molecule has 108 valence electrons. The number of rotatable bonds is 3. The molecule has 1 aliphatic heterocycles. The second-order valence-corrected chi connectivity index (χ2v) is 5.64. The van der Waals surface area contributed by atoms with Gasteiger partial charge in [0.25, 0.3) is 5.91 Å². The number of aliphatic hydroxyl groups excluding tert-OH is 1. The zero-order chi connectivity index (χ0) is 14.4. The van der Waals surface area contributed by atoms with Crippen molar-refractivity contribution in [3.8, 4) is 11.8 Å². The van der Waals surface area contributed by atoms with Crippen molar-refractivity contribution in [2.45, 2.75) is 25.4 Å². The molecule has 4 nitrogen and oxygen atoms in total. The van der Waals surface area contributed by atoms with Gasteiger partial charge in [-0.2, -0.15) is 0 Å². The molecular weight excluding hydrogens is 274 g/mol. The number of carbonyl (C=O) groups is 1. The molecule has 0 aliphatic carbocycles. The van der Waals surface area contributed by atoms with E-state index >= 15 is 0 Å². The number of carbonyl (C=O) groups excluding carboxylic acids is 1. The molecule has 20 heavy (non-hydrogen) atoms. The van der Waals surface area contributed by atoms with Crippen LogP contribution in [0.15, 0.2) is 11.4 Å². The van der Waals surface area contributed by atoms with Crippen LogP contribution in [-0.2, 0) is 4.74 Å². The third-order valence-electron chi connectivity index (χ3n) is 3.29. The van der Waals surface area contributed by atoms with Gasteiger partial charge in [-0.05, 0) is 18.9 Å². The molecule has 2 rings (SSSR count). The molecule has 1 aromatic rings. The van der Waals surface area contributed by atoms with Crippen LogP contribution in [0.5, 0.6) is 0 Å². The number of likely N-dealkylation sites (tertiary alicyclic amines) is 1. The van der Waals surface area contributed by atoms with E-state index in [4.69, 9.17) is 9.84 Å². The van der Waals surface area contributed by atoms with Gasteiger partial charge in [-0.1, -0.05) is 11.8 Å². The molecule has 0 aromatic carbocycles. The Morgan fingerprint density at radius 3 is 3.25 bits per heavy atom. The van der Waals surface area contributed by atoms with Gasteiger partial charge < -0.3 is 14.7 Å². The summed E-state index contributed by atoms with van der Waals surface area (Å²) in [6.07, 6.45) is 2.61. The lowest BCUT2D eigenvalue weighted by molar-refractivity contribution is 0.0269. The van der Waals surface area contributed by atoms with Gasteiger partial charge in [0, 0.05) is 32.0 Å². The van der Waals surface area contributed by atoms with E-state index < -0.39 is 0 Å². The third-order valence-corrected chi connectivity index (χ3v) is 4.14. The van der Waals surface area contributed by atoms with E-state index in [2.05, 4.69) is 11.8 Å². The van der Waals surface area contributed by atoms with Crippen LogP contribution in [0.1, 0.15) is 34.5 Å². The minimum absolute atomic E-state index is 0.0539. The molecule has 0 saturated carbocycles. The first kappa shape index (κ1) is 15.0. The summed E-state index contributed by atoms with van der Waals surface area (Å²) in [5.41, 5.74) is 0.694. The Balaban J connectivity index is 2.01. The van der Waals surface area contributed by atoms with Gasteiger partial charge >= 0.3 is 0 Å². The number of thiophene rings is 1. The number of nitrogens with zero attached hydrogens (tertiary/aromatic N) is 1. The molecule has 1 aromatic heterocycles. The van der Waals surface area contributed by atoms with E-state index in [1.54, 1.807) is 7.11 Å². The Morgan fingerprint density at radius 2 is 2.50 bits per heavy atom. The first-order valence-electron chi connectivity index (χ1n) is 6.75. The van der Waals surface area contributed by atoms with Gasteiger partial charge in [-0.15, -0.1) is 11.3 Å². The lowest BCUT2D eigenvalue weighted by atomic mass is 10.1. The average Bonchev–Trinajstić information content (AvgIpc) is 2.95. The number of hydrogen-bond acceptors (Lipinski definition) is 4. The Morgan fingerprint density at radius 1 is 1.65 bits per heavy atom. The second kappa shape index (κ2) is 7.44. The van der Waals surface area contributed by atoms with Crippen LogP contribution >= 0.6 is 11.3 Å². The molecule has 5 heteroatoms. The predicted octanol–water partition coefficient (Wildman–Crippen LogP) is 1.73. The standard InChI is InChI=1S/C15H19NO3S/c1-19-13-5-4-7-16(10-13)15(18)12-9-14(20-11-12)6-2-3-8-17/h9,11,13,17H,3-5,7-8,10H2,1H3. The molecule has 1 saturated heterocycles. The topological polar surface area (TPSA) is 49.8 Å². The van der Waals surface area contributed by atoms with Crippen LogP contribution in [0, 0.1) is 11.8 Å². The lowest BCUT2D eigenvalue weighted by Crippen LogP contribution is -2.42. The maximum Gasteiger partial charge on any atom is 0.254 e. The predicted molar refractivity (Wildman–Crippen MR) is 78.8 cm³/mol. The first-order chi connectivity index (χ1) is 9.74. The summed E-state index contributed by atoms with van der Waals surface area (Å²) >= 11 is 1.46. The number of amides is 1. The highest BCUT2D eigenvalue weighted by atomic mass is 32.1. The maximum atomic E-state index is 12.4. The molecule has 0 spiro atoms. The van der Waals surface area contributed by atoms with Crippen molar-refractivity contribution in [3.63, 3.8) is 0 Å². The van der Waals surface area contributed by atoms with Crippen molar-refractivity contribution in [2.75, 3.05) is 26.8 Å². The average molecular weight is 293 g/mol. The highest BCUT2D eigenvalue weighted by Gasteiger charge is 2.24. The van der Waals surface area contributed by atoms with E-state index in [1.807, 2.05) is 16.3 Å². The zero-order valence-electron chi connectivity index (χ0n) is 11.6. The van der Waals surface area contributed by atoms with Crippen molar-refractivity contribution >= 4 is 17.2 Å². The Kier molecular flexibility index (Phi) is 5.60. The van der Waals surface area contributed by atoms with Crippen molar-refractivity contribution in [1.82, 2.24) is 4.90 Å². The largest absolute Gasteiger partial charge is 0.395 e. The summed E-state index contributed by atoms with van der Waals surface area (Å²) in [5, 5.41) is 10.5. The second-order valence-electron chi connectivity index (χ2n) is 4.73. The fourth-order valence-corrected chi connectivity index (χ4v) is 2.97. The Bertz CT molecular complexity index is 515. The van der Waals surface area contributed by atoms with E-state index in [0.29, 0.717) is 18.5 Å². The van der Waals surface area contributed by atoms with Crippen molar-refractivity contribution in [2.24, 2.45) is 0 Å². The van der Waals surface area contributed by atoms with Crippen molar-refractivity contribution in [3.05, 3.63) is 21.9 Å². The number of aliphatic hydroxyl groups is 1. The van der Waals surface area contributed by atoms with E-state index in [-0.39, 0.29) is 18.6 Å². The molecule has 2 heterocycles. The summed E-state index contributed by atoms with van der Waals surface area (Å²) in [7, 11) is 1.69. The van der Waals surface area contributed by atoms with E-state index in [9.17, 15) is 4.79 Å². The number of methoxy groups -OCH3 is 1. The third kappa shape index (κ3) is 3.83. The minimum Gasteiger partial charge on any atom is -0.395 e. The first-order valence-corrected chi connectivity index (χ1v) is 7.63. The molecule has 1 aliphatic rings. The Hall–Kier alpha value is -1.35. The molecule has 0 bridgehead atoms. The highest BCUT2D eigenvalue weighted by molar-refractivity contribution is 7.10. The van der Waals surface area contributed by atoms with Gasteiger partial charge in [0.05, 0.1) is 23.2 Å². The van der Waals surface area contributed by atoms with Crippen LogP contribution in [0.4, 0.5) is 0 Å². The van der Waals surface area contributed by atoms with Crippen molar-refractivity contribution in [1.29, 1.82) is 0 Å². The molecular formula is C15H19NO3S. The van der Waals surface area contributed by atoms with Crippen LogP contribution in [0.3, 0.4) is 0 Å². The van der Waals surface area contributed by atoms with Gasteiger partial charge in [0.15, 0.2) is 0 Å². The van der Waals surface area contributed by atoms with E-state index in [1.165, 1.54) is 11.3 Å². The fraction of sp³-hybridized carbons (Fsp3) is 0.533. The van der Waals surface area contributed by atoms with Gasteiger partial charge in [-0.25, -0.2) is 0 Å². The van der Waals surface area contributed by atoms with Crippen LogP contribution < -0.4 is 0 Å². The van der Waals surface area contributed by atoms with Crippen LogP contribution in [0.2, 0.25) is 0 Å². The number of piperidine rings is 1. The molecule has 0 radical (unpaired) electrons. The number of ether oxygens (including phenoxy) is 1. The molecule has 1 fully saturated rings. The Labute approximate surface area is 123 Å². The van der Waals surface area contributed by atoms with E-state index in [0.717, 1.165) is 24.3 Å². The summed E-state index contributed by atoms with van der Waals surface area (Å²) in [6.45, 7) is 1.52. The fourth-order valence-electron chi connectivity index (χ4n) is 2.22.